The highest BCUT2D eigenvalue weighted by molar-refractivity contribution is 6.30. The Morgan fingerprint density at radius 2 is 1.67 bits per heavy atom. The fraction of sp³-hybridized carbons (Fsp3) is 0.400. The van der Waals surface area contributed by atoms with Crippen molar-refractivity contribution in [2.45, 2.75) is 27.3 Å². The zero-order valence-corrected chi connectivity index (χ0v) is 15.5. The molecule has 0 bridgehead atoms. The van der Waals surface area contributed by atoms with Gasteiger partial charge in [-0.25, -0.2) is 0 Å². The minimum Gasteiger partial charge on any atom is -0.507 e. The topological polar surface area (TPSA) is 27.9 Å². The molecule has 0 atom stereocenters. The number of benzene rings is 2. The van der Waals surface area contributed by atoms with Crippen molar-refractivity contribution in [3.05, 3.63) is 57.6 Å². The molecule has 0 amide bonds. The van der Waals surface area contributed by atoms with E-state index in [2.05, 4.69) is 36.9 Å². The first-order valence-electron chi connectivity index (χ1n) is 8.58. The number of hydrogen-bond donors (Lipinski definition) is 2. The van der Waals surface area contributed by atoms with Gasteiger partial charge in [-0.1, -0.05) is 17.7 Å². The molecular formula is C20H26ClN2O+. The first-order valence-corrected chi connectivity index (χ1v) is 8.95. The van der Waals surface area contributed by atoms with Crippen LogP contribution in [0.1, 0.15) is 22.3 Å². The highest BCUT2D eigenvalue weighted by Gasteiger charge is 2.22. The molecule has 1 aliphatic rings. The second-order valence-corrected chi connectivity index (χ2v) is 7.35. The lowest BCUT2D eigenvalue weighted by molar-refractivity contribution is -0.914. The van der Waals surface area contributed by atoms with E-state index in [4.69, 9.17) is 11.6 Å². The summed E-state index contributed by atoms with van der Waals surface area (Å²) in [6, 6.07) is 10.1. The lowest BCUT2D eigenvalue weighted by Crippen LogP contribution is -3.13. The number of nitrogens with zero attached hydrogens (tertiary/aromatic N) is 1. The van der Waals surface area contributed by atoms with Gasteiger partial charge >= 0.3 is 0 Å². The molecule has 4 heteroatoms. The number of aryl methyl sites for hydroxylation is 3. The molecule has 1 saturated heterocycles. The number of quaternary nitrogens is 1. The average Bonchev–Trinajstić information content (AvgIpc) is 2.56. The molecule has 1 fully saturated rings. The molecule has 1 aliphatic heterocycles. The van der Waals surface area contributed by atoms with Gasteiger partial charge in [0.25, 0.3) is 0 Å². The highest BCUT2D eigenvalue weighted by atomic mass is 35.5. The number of hydrogen-bond acceptors (Lipinski definition) is 2. The Morgan fingerprint density at radius 3 is 2.38 bits per heavy atom. The summed E-state index contributed by atoms with van der Waals surface area (Å²) in [4.78, 5) is 3.94. The van der Waals surface area contributed by atoms with Gasteiger partial charge < -0.3 is 14.9 Å². The lowest BCUT2D eigenvalue weighted by atomic mass is 10.0. The van der Waals surface area contributed by atoms with Crippen LogP contribution in [0, 0.1) is 20.8 Å². The van der Waals surface area contributed by atoms with Crippen molar-refractivity contribution in [1.82, 2.24) is 0 Å². The van der Waals surface area contributed by atoms with Crippen molar-refractivity contribution in [2.75, 3.05) is 31.1 Å². The van der Waals surface area contributed by atoms with Crippen molar-refractivity contribution in [1.29, 1.82) is 0 Å². The van der Waals surface area contributed by atoms with Crippen LogP contribution < -0.4 is 9.80 Å². The first kappa shape index (κ1) is 17.1. The van der Waals surface area contributed by atoms with Gasteiger partial charge in [0.1, 0.15) is 12.3 Å². The molecule has 0 spiro atoms. The largest absolute Gasteiger partial charge is 0.507 e. The number of nitrogens with one attached hydrogen (secondary N) is 1. The van der Waals surface area contributed by atoms with Gasteiger partial charge in [0.05, 0.1) is 26.2 Å². The Labute approximate surface area is 149 Å². The summed E-state index contributed by atoms with van der Waals surface area (Å²) < 4.78 is 0. The number of aromatic hydroxyl groups is 1. The van der Waals surface area contributed by atoms with Crippen LogP contribution in [0.2, 0.25) is 5.02 Å². The number of phenolic OH excluding ortho intramolecular Hbond substituents is 1. The van der Waals surface area contributed by atoms with Crippen molar-refractivity contribution in [3.8, 4) is 5.75 Å². The summed E-state index contributed by atoms with van der Waals surface area (Å²) in [5, 5.41) is 11.0. The minimum absolute atomic E-state index is 0.429. The van der Waals surface area contributed by atoms with E-state index in [0.717, 1.165) is 48.9 Å². The monoisotopic (exact) mass is 345 g/mol. The standard InChI is InChI=1S/C20H25ClN2O/c1-14-4-5-18(21)12-19(14)23-8-6-22(7-9-23)13-17-10-15(2)16(3)11-20(17)24/h4-5,10-12,24H,6-9,13H2,1-3H3/p+1. The number of rotatable bonds is 3. The van der Waals surface area contributed by atoms with Crippen LogP contribution in [0.25, 0.3) is 0 Å². The fourth-order valence-corrected chi connectivity index (χ4v) is 3.60. The molecule has 3 nitrogen and oxygen atoms in total. The van der Waals surface area contributed by atoms with Crippen LogP contribution in [-0.4, -0.2) is 31.3 Å². The predicted molar refractivity (Wildman–Crippen MR) is 100 cm³/mol. The van der Waals surface area contributed by atoms with Crippen molar-refractivity contribution in [2.24, 2.45) is 0 Å². The molecule has 24 heavy (non-hydrogen) atoms. The molecule has 0 aliphatic carbocycles. The van der Waals surface area contributed by atoms with E-state index in [1.165, 1.54) is 21.7 Å². The van der Waals surface area contributed by atoms with E-state index < -0.39 is 0 Å². The van der Waals surface area contributed by atoms with Gasteiger partial charge in [0.2, 0.25) is 0 Å². The Morgan fingerprint density at radius 1 is 1.00 bits per heavy atom. The van der Waals surface area contributed by atoms with Gasteiger partial charge in [0.15, 0.2) is 0 Å². The quantitative estimate of drug-likeness (QED) is 0.895. The van der Waals surface area contributed by atoms with Crippen LogP contribution in [0.4, 0.5) is 5.69 Å². The molecule has 128 valence electrons. The molecule has 1 heterocycles. The SMILES string of the molecule is Cc1cc(O)c(C[NH+]2CCN(c3cc(Cl)ccc3C)CC2)cc1C. The van der Waals surface area contributed by atoms with Crippen LogP contribution in [0.15, 0.2) is 30.3 Å². The Kier molecular flexibility index (Phi) is 5.02. The van der Waals surface area contributed by atoms with E-state index >= 15 is 0 Å². The smallest absolute Gasteiger partial charge is 0.124 e. The summed E-state index contributed by atoms with van der Waals surface area (Å²) >= 11 is 6.16. The van der Waals surface area contributed by atoms with Gasteiger partial charge in [-0.2, -0.15) is 0 Å². The zero-order chi connectivity index (χ0) is 17.3. The average molecular weight is 346 g/mol. The zero-order valence-electron chi connectivity index (χ0n) is 14.7. The van der Waals surface area contributed by atoms with E-state index in [9.17, 15) is 5.11 Å². The third-order valence-corrected chi connectivity index (χ3v) is 5.35. The molecule has 2 aromatic rings. The van der Waals surface area contributed by atoms with Crippen molar-refractivity contribution < 1.29 is 10.0 Å². The second-order valence-electron chi connectivity index (χ2n) is 6.91. The van der Waals surface area contributed by atoms with Crippen LogP contribution in [-0.2, 0) is 6.54 Å². The number of halogens is 1. The van der Waals surface area contributed by atoms with Gasteiger partial charge in [-0.05, 0) is 61.7 Å². The third-order valence-electron chi connectivity index (χ3n) is 5.12. The molecule has 2 aromatic carbocycles. The summed E-state index contributed by atoms with van der Waals surface area (Å²) in [7, 11) is 0. The van der Waals surface area contributed by atoms with Gasteiger partial charge in [-0.15, -0.1) is 0 Å². The maximum atomic E-state index is 10.2. The van der Waals surface area contributed by atoms with Crippen molar-refractivity contribution >= 4 is 17.3 Å². The summed E-state index contributed by atoms with van der Waals surface area (Å²) in [5.74, 6) is 0.429. The van der Waals surface area contributed by atoms with Crippen LogP contribution >= 0.6 is 11.6 Å². The van der Waals surface area contributed by atoms with E-state index in [-0.39, 0.29) is 0 Å². The van der Waals surface area contributed by atoms with Crippen molar-refractivity contribution in [3.63, 3.8) is 0 Å². The molecule has 3 rings (SSSR count). The number of phenols is 1. The van der Waals surface area contributed by atoms with Gasteiger partial charge in [0, 0.05) is 16.3 Å². The fourth-order valence-electron chi connectivity index (χ4n) is 3.44. The summed E-state index contributed by atoms with van der Waals surface area (Å²) in [6.07, 6.45) is 0. The van der Waals surface area contributed by atoms with Gasteiger partial charge in [-0.3, -0.25) is 0 Å². The van der Waals surface area contributed by atoms with E-state index in [0.29, 0.717) is 5.75 Å². The summed E-state index contributed by atoms with van der Waals surface area (Å²) in [5.41, 5.74) is 5.97. The van der Waals surface area contributed by atoms with Crippen LogP contribution in [0.3, 0.4) is 0 Å². The Hall–Kier alpha value is -1.71. The molecule has 0 saturated carbocycles. The van der Waals surface area contributed by atoms with E-state index in [1.807, 2.05) is 19.1 Å². The normalized spacial score (nSPS) is 15.8. The lowest BCUT2D eigenvalue weighted by Gasteiger charge is -2.34. The minimum atomic E-state index is 0.429. The van der Waals surface area contributed by atoms with Crippen LogP contribution in [0.5, 0.6) is 5.75 Å². The maximum Gasteiger partial charge on any atom is 0.124 e. The third kappa shape index (κ3) is 3.68. The van der Waals surface area contributed by atoms with E-state index in [1.54, 1.807) is 0 Å². The highest BCUT2D eigenvalue weighted by Crippen LogP contribution is 2.24. The molecule has 2 N–H and O–H groups in total. The molecular weight excluding hydrogens is 320 g/mol. The molecule has 0 unspecified atom stereocenters. The first-order chi connectivity index (χ1) is 11.4. The summed E-state index contributed by atoms with van der Waals surface area (Å²) in [6.45, 7) is 11.3. The predicted octanol–water partition coefficient (Wildman–Crippen LogP) is 2.88. The number of piperazine rings is 1. The number of anilines is 1. The second kappa shape index (κ2) is 7.04. The Balaban J connectivity index is 1.65. The molecule has 0 aromatic heterocycles. The Bertz CT molecular complexity index is 737. The maximum absolute atomic E-state index is 10.2. The molecule has 0 radical (unpaired) electrons.